The highest BCUT2D eigenvalue weighted by atomic mass is 16.6. The minimum atomic E-state index is 0.569. The maximum absolute atomic E-state index is 5.16. The summed E-state index contributed by atoms with van der Waals surface area (Å²) < 4.78 is 5.16. The Hall–Kier alpha value is -0.0400. The molecule has 7 heavy (non-hydrogen) atoms. The molecule has 1 unspecified atom stereocenters. The predicted octanol–water partition coefficient (Wildman–Crippen LogP) is 1.57. The van der Waals surface area contributed by atoms with Gasteiger partial charge in [-0.3, -0.25) is 0 Å². The van der Waals surface area contributed by atoms with Crippen molar-refractivity contribution in [1.29, 1.82) is 0 Å². The van der Waals surface area contributed by atoms with Crippen LogP contribution in [0.5, 0.6) is 0 Å². The summed E-state index contributed by atoms with van der Waals surface area (Å²) in [5.41, 5.74) is 0. The summed E-state index contributed by atoms with van der Waals surface area (Å²) >= 11 is 0. The Morgan fingerprint density at radius 2 is 2.14 bits per heavy atom. The molecule has 0 aliphatic carbocycles. The summed E-state index contributed by atoms with van der Waals surface area (Å²) in [5.74, 6) is 0. The van der Waals surface area contributed by atoms with Crippen LogP contribution in [0.4, 0.5) is 0 Å². The number of epoxide rings is 1. The van der Waals surface area contributed by atoms with Crippen LogP contribution < -0.4 is 0 Å². The van der Waals surface area contributed by atoms with Crippen LogP contribution in [0.15, 0.2) is 0 Å². The maximum atomic E-state index is 5.16. The summed E-state index contributed by atoms with van der Waals surface area (Å²) in [5, 5.41) is 0. The predicted molar refractivity (Wildman–Crippen MR) is 29.2 cm³/mol. The van der Waals surface area contributed by atoms with Crippen molar-refractivity contribution in [1.82, 2.24) is 0 Å². The number of hydrogen-bond donors (Lipinski definition) is 0. The van der Waals surface area contributed by atoms with Gasteiger partial charge in [0.2, 0.25) is 0 Å². The third-order valence-corrected chi connectivity index (χ3v) is 1.41. The van der Waals surface area contributed by atoms with E-state index in [1.54, 1.807) is 0 Å². The van der Waals surface area contributed by atoms with E-state index in [0.717, 1.165) is 0 Å². The van der Waals surface area contributed by atoms with E-state index in [1.807, 2.05) is 0 Å². The molecule has 0 aromatic heterocycles. The molecule has 0 bridgehead atoms. The number of ether oxygens (including phenoxy) is 1. The Bertz CT molecular complexity index is 61.2. The third kappa shape index (κ3) is 1.16. The van der Waals surface area contributed by atoms with Gasteiger partial charge in [0, 0.05) is 0 Å². The van der Waals surface area contributed by atoms with Crippen LogP contribution in [-0.4, -0.2) is 12.2 Å². The number of hydrogen-bond acceptors (Lipinski definition) is 1. The second-order valence-corrected chi connectivity index (χ2v) is 2.17. The van der Waals surface area contributed by atoms with Crippen LogP contribution in [0.25, 0.3) is 0 Å². The third-order valence-electron chi connectivity index (χ3n) is 1.41. The van der Waals surface area contributed by atoms with Crippen molar-refractivity contribution in [2.45, 2.75) is 38.9 Å². The summed E-state index contributed by atoms with van der Waals surface area (Å²) in [4.78, 5) is 0. The lowest BCUT2D eigenvalue weighted by Crippen LogP contribution is -1.85. The van der Waals surface area contributed by atoms with Gasteiger partial charge in [-0.15, -0.1) is 0 Å². The van der Waals surface area contributed by atoms with Crippen LogP contribution in [0.1, 0.15) is 26.7 Å². The Kier molecular flexibility index (Phi) is 1.33. The molecule has 0 saturated carbocycles. The average molecular weight is 100 g/mol. The molecule has 0 amide bonds. The molecule has 42 valence electrons. The first kappa shape index (κ1) is 5.10. The first-order valence-corrected chi connectivity index (χ1v) is 3.00. The Labute approximate surface area is 44.7 Å². The lowest BCUT2D eigenvalue weighted by Gasteiger charge is -1.81. The molecule has 1 aliphatic rings. The highest BCUT2D eigenvalue weighted by molar-refractivity contribution is 4.78. The number of rotatable bonds is 2. The minimum Gasteiger partial charge on any atom is -0.370 e. The van der Waals surface area contributed by atoms with Gasteiger partial charge in [-0.25, -0.2) is 0 Å². The second kappa shape index (κ2) is 1.83. The van der Waals surface area contributed by atoms with Crippen molar-refractivity contribution < 1.29 is 4.74 Å². The molecule has 1 heteroatoms. The zero-order chi connectivity index (χ0) is 5.28. The van der Waals surface area contributed by atoms with Gasteiger partial charge in [0.25, 0.3) is 0 Å². The maximum Gasteiger partial charge on any atom is 0.0838 e. The molecule has 1 rings (SSSR count). The highest BCUT2D eigenvalue weighted by Gasteiger charge is 2.32. The van der Waals surface area contributed by atoms with Gasteiger partial charge in [-0.2, -0.15) is 0 Å². The van der Waals surface area contributed by atoms with E-state index >= 15 is 0 Å². The van der Waals surface area contributed by atoms with Gasteiger partial charge in [0.1, 0.15) is 0 Å². The Balaban J connectivity index is 1.98. The topological polar surface area (TPSA) is 12.5 Å². The van der Waals surface area contributed by atoms with Crippen molar-refractivity contribution in [3.8, 4) is 0 Å². The molecule has 0 N–H and O–H groups in total. The zero-order valence-electron chi connectivity index (χ0n) is 4.98. The van der Waals surface area contributed by atoms with Crippen LogP contribution in [-0.2, 0) is 4.74 Å². The first-order valence-electron chi connectivity index (χ1n) is 3.00. The molecule has 1 fully saturated rings. The smallest absolute Gasteiger partial charge is 0.0838 e. The molecule has 0 spiro atoms. The molecule has 1 heterocycles. The van der Waals surface area contributed by atoms with E-state index in [2.05, 4.69) is 13.8 Å². The summed E-state index contributed by atoms with van der Waals surface area (Å²) in [7, 11) is 0. The van der Waals surface area contributed by atoms with E-state index in [9.17, 15) is 0 Å². The summed E-state index contributed by atoms with van der Waals surface area (Å²) in [6.45, 7) is 4.31. The standard InChI is InChI=1S/C6H12O/c1-3-4-6-5(2)7-6/h5-6H,3-4H2,1-2H3/t5-,6?/m0/s1. The Morgan fingerprint density at radius 3 is 2.29 bits per heavy atom. The van der Waals surface area contributed by atoms with Gasteiger partial charge in [0.05, 0.1) is 12.2 Å². The fourth-order valence-corrected chi connectivity index (χ4v) is 0.818. The molecule has 0 aromatic rings. The van der Waals surface area contributed by atoms with Crippen LogP contribution in [0.2, 0.25) is 0 Å². The quantitative estimate of drug-likeness (QED) is 0.480. The molecular formula is C6H12O. The van der Waals surface area contributed by atoms with Gasteiger partial charge >= 0.3 is 0 Å². The molecule has 1 nitrogen and oxygen atoms in total. The lowest BCUT2D eigenvalue weighted by molar-refractivity contribution is 0.369. The van der Waals surface area contributed by atoms with Gasteiger partial charge in [-0.1, -0.05) is 13.3 Å². The second-order valence-electron chi connectivity index (χ2n) is 2.17. The molecule has 2 atom stereocenters. The van der Waals surface area contributed by atoms with E-state index in [4.69, 9.17) is 4.74 Å². The van der Waals surface area contributed by atoms with Crippen molar-refractivity contribution in [3.05, 3.63) is 0 Å². The van der Waals surface area contributed by atoms with Crippen molar-refractivity contribution in [2.75, 3.05) is 0 Å². The normalized spacial score (nSPS) is 38.6. The minimum absolute atomic E-state index is 0.569. The molecular weight excluding hydrogens is 88.1 g/mol. The van der Waals surface area contributed by atoms with Gasteiger partial charge < -0.3 is 4.74 Å². The van der Waals surface area contributed by atoms with E-state index < -0.39 is 0 Å². The van der Waals surface area contributed by atoms with Crippen LogP contribution >= 0.6 is 0 Å². The van der Waals surface area contributed by atoms with Crippen molar-refractivity contribution >= 4 is 0 Å². The zero-order valence-corrected chi connectivity index (χ0v) is 4.98. The molecule has 0 radical (unpaired) electrons. The molecule has 1 aliphatic heterocycles. The van der Waals surface area contributed by atoms with E-state index in [-0.39, 0.29) is 0 Å². The fourth-order valence-electron chi connectivity index (χ4n) is 0.818. The monoisotopic (exact) mass is 100 g/mol. The Morgan fingerprint density at radius 1 is 1.57 bits per heavy atom. The largest absolute Gasteiger partial charge is 0.370 e. The van der Waals surface area contributed by atoms with Crippen molar-refractivity contribution in [3.63, 3.8) is 0 Å². The van der Waals surface area contributed by atoms with E-state index in [1.165, 1.54) is 12.8 Å². The van der Waals surface area contributed by atoms with Crippen molar-refractivity contribution in [2.24, 2.45) is 0 Å². The molecule has 1 saturated heterocycles. The summed E-state index contributed by atoms with van der Waals surface area (Å²) in [6, 6.07) is 0. The molecule has 0 aromatic carbocycles. The van der Waals surface area contributed by atoms with Gasteiger partial charge in [-0.05, 0) is 13.3 Å². The first-order chi connectivity index (χ1) is 3.34. The van der Waals surface area contributed by atoms with Crippen LogP contribution in [0, 0.1) is 0 Å². The average Bonchev–Trinajstić information content (AvgIpc) is 2.22. The van der Waals surface area contributed by atoms with E-state index in [0.29, 0.717) is 12.2 Å². The van der Waals surface area contributed by atoms with Crippen LogP contribution in [0.3, 0.4) is 0 Å². The SMILES string of the molecule is CCCC1O[C@H]1C. The van der Waals surface area contributed by atoms with Gasteiger partial charge in [0.15, 0.2) is 0 Å². The lowest BCUT2D eigenvalue weighted by atomic mass is 10.2. The fraction of sp³-hybridized carbons (Fsp3) is 1.00. The highest BCUT2D eigenvalue weighted by Crippen LogP contribution is 2.24. The summed E-state index contributed by atoms with van der Waals surface area (Å²) in [6.07, 6.45) is 3.70.